The first-order valence-electron chi connectivity index (χ1n) is 11.1. The standard InChI is InChI=1S/C24H34FN3O3/c1-4-8-19(24(30-3)18(2)25)15-20-9-6-5-7-10-28(20)22-16-21(17-23(29)26-22)27-11-13-31-14-12-27/h4,8,16-17,20H,1,5-7,9-15H2,2-3H3,(H,26,29)/b19-8-,24-18-/t20-/m0/s1. The molecule has 1 aromatic heterocycles. The molecule has 3 rings (SSSR count). The Morgan fingerprint density at radius 1 is 1.29 bits per heavy atom. The van der Waals surface area contributed by atoms with Gasteiger partial charge in [-0.3, -0.25) is 4.79 Å². The number of morpholine rings is 1. The Bertz CT molecular complexity index is 867. The van der Waals surface area contributed by atoms with E-state index in [0.29, 0.717) is 19.6 Å². The number of allylic oxidation sites excluding steroid dienone is 4. The summed E-state index contributed by atoms with van der Waals surface area (Å²) in [6.07, 6.45) is 8.33. The van der Waals surface area contributed by atoms with Crippen LogP contribution in [0.1, 0.15) is 39.0 Å². The summed E-state index contributed by atoms with van der Waals surface area (Å²) in [5.74, 6) is 0.733. The highest BCUT2D eigenvalue weighted by molar-refractivity contribution is 5.56. The second kappa shape index (κ2) is 11.2. The molecule has 1 N–H and O–H groups in total. The van der Waals surface area contributed by atoms with Gasteiger partial charge in [-0.1, -0.05) is 31.6 Å². The van der Waals surface area contributed by atoms with Crippen LogP contribution in [0.2, 0.25) is 0 Å². The number of nitrogens with one attached hydrogen (secondary N) is 1. The van der Waals surface area contributed by atoms with Gasteiger partial charge in [0, 0.05) is 43.5 Å². The molecule has 1 aromatic rings. The number of H-pyrrole nitrogens is 1. The van der Waals surface area contributed by atoms with Crippen molar-refractivity contribution in [1.29, 1.82) is 0 Å². The number of nitrogens with zero attached hydrogens (tertiary/aromatic N) is 2. The molecule has 31 heavy (non-hydrogen) atoms. The van der Waals surface area contributed by atoms with E-state index in [0.717, 1.165) is 62.4 Å². The molecule has 0 aromatic carbocycles. The van der Waals surface area contributed by atoms with Crippen LogP contribution in [-0.2, 0) is 9.47 Å². The van der Waals surface area contributed by atoms with Crippen molar-refractivity contribution in [2.75, 3.05) is 49.8 Å². The second-order valence-electron chi connectivity index (χ2n) is 8.08. The number of halogens is 1. The Balaban J connectivity index is 1.93. The number of aromatic nitrogens is 1. The lowest BCUT2D eigenvalue weighted by Crippen LogP contribution is -2.39. The molecule has 2 fully saturated rings. The summed E-state index contributed by atoms with van der Waals surface area (Å²) >= 11 is 0. The Hall–Kier alpha value is -2.54. The van der Waals surface area contributed by atoms with Gasteiger partial charge in [-0.25, -0.2) is 4.39 Å². The SMILES string of the molecule is C=C/C=C(C[C@@H]1CCCCCN1c1cc(N2CCOCC2)cc(=O)[nH]1)\C(OC)=C(/C)F. The summed E-state index contributed by atoms with van der Waals surface area (Å²) in [5, 5.41) is 0. The number of hydrogen-bond acceptors (Lipinski definition) is 5. The van der Waals surface area contributed by atoms with Gasteiger partial charge in [0.05, 0.1) is 20.3 Å². The van der Waals surface area contributed by atoms with Gasteiger partial charge in [0.15, 0.2) is 5.76 Å². The average molecular weight is 432 g/mol. The van der Waals surface area contributed by atoms with Crippen LogP contribution in [0.15, 0.2) is 52.8 Å². The molecule has 170 valence electrons. The molecule has 2 aliphatic rings. The van der Waals surface area contributed by atoms with Crippen molar-refractivity contribution in [3.05, 3.63) is 58.4 Å². The zero-order valence-corrected chi connectivity index (χ0v) is 18.7. The van der Waals surface area contributed by atoms with Crippen LogP contribution < -0.4 is 15.4 Å². The van der Waals surface area contributed by atoms with Crippen LogP contribution in [0.4, 0.5) is 15.9 Å². The average Bonchev–Trinajstić information content (AvgIpc) is 3.00. The van der Waals surface area contributed by atoms with E-state index in [1.165, 1.54) is 14.0 Å². The van der Waals surface area contributed by atoms with Gasteiger partial charge in [0.25, 0.3) is 5.56 Å². The van der Waals surface area contributed by atoms with E-state index in [2.05, 4.69) is 27.4 Å². The van der Waals surface area contributed by atoms with Crippen molar-refractivity contribution in [3.8, 4) is 0 Å². The zero-order chi connectivity index (χ0) is 22.2. The van der Waals surface area contributed by atoms with E-state index in [1.54, 1.807) is 12.1 Å². The number of ether oxygens (including phenoxy) is 2. The summed E-state index contributed by atoms with van der Waals surface area (Å²) < 4.78 is 24.9. The maximum Gasteiger partial charge on any atom is 0.251 e. The van der Waals surface area contributed by atoms with Crippen molar-refractivity contribution in [3.63, 3.8) is 0 Å². The first kappa shape index (κ1) is 23.1. The Morgan fingerprint density at radius 2 is 2.06 bits per heavy atom. The third-order valence-electron chi connectivity index (χ3n) is 5.96. The van der Waals surface area contributed by atoms with Gasteiger partial charge >= 0.3 is 0 Å². The fourth-order valence-electron chi connectivity index (χ4n) is 4.51. The first-order valence-corrected chi connectivity index (χ1v) is 11.1. The van der Waals surface area contributed by atoms with Gasteiger partial charge in [0.2, 0.25) is 0 Å². The minimum absolute atomic E-state index is 0.110. The normalized spacial score (nSPS) is 21.4. The molecular formula is C24H34FN3O3. The third-order valence-corrected chi connectivity index (χ3v) is 5.96. The molecule has 6 nitrogen and oxygen atoms in total. The van der Waals surface area contributed by atoms with Crippen LogP contribution in [0, 0.1) is 0 Å². The van der Waals surface area contributed by atoms with Crippen molar-refractivity contribution >= 4 is 11.5 Å². The first-order chi connectivity index (χ1) is 15.0. The van der Waals surface area contributed by atoms with Crippen LogP contribution in [0.25, 0.3) is 0 Å². The zero-order valence-electron chi connectivity index (χ0n) is 18.7. The van der Waals surface area contributed by atoms with Crippen LogP contribution in [0.3, 0.4) is 0 Å². The predicted molar refractivity (Wildman–Crippen MR) is 123 cm³/mol. The predicted octanol–water partition coefficient (Wildman–Crippen LogP) is 4.31. The molecular weight excluding hydrogens is 397 g/mol. The quantitative estimate of drug-likeness (QED) is 0.515. The van der Waals surface area contributed by atoms with Crippen LogP contribution in [0.5, 0.6) is 0 Å². The highest BCUT2D eigenvalue weighted by Crippen LogP contribution is 2.31. The molecule has 0 amide bonds. The molecule has 3 heterocycles. The largest absolute Gasteiger partial charge is 0.494 e. The van der Waals surface area contributed by atoms with Gasteiger partial charge in [-0.05, 0) is 31.8 Å². The molecule has 2 aliphatic heterocycles. The molecule has 0 unspecified atom stereocenters. The summed E-state index contributed by atoms with van der Waals surface area (Å²) in [6, 6.07) is 3.84. The molecule has 0 spiro atoms. The summed E-state index contributed by atoms with van der Waals surface area (Å²) in [4.78, 5) is 20.0. The maximum absolute atomic E-state index is 14.1. The molecule has 0 saturated carbocycles. The number of hydrogen-bond donors (Lipinski definition) is 1. The molecule has 7 heteroatoms. The second-order valence-corrected chi connectivity index (χ2v) is 8.08. The minimum atomic E-state index is -0.349. The Kier molecular flexibility index (Phi) is 8.35. The molecule has 0 bridgehead atoms. The molecule has 2 saturated heterocycles. The minimum Gasteiger partial charge on any atom is -0.494 e. The lowest BCUT2D eigenvalue weighted by Gasteiger charge is -2.34. The van der Waals surface area contributed by atoms with E-state index in [9.17, 15) is 9.18 Å². The van der Waals surface area contributed by atoms with Gasteiger partial charge in [-0.2, -0.15) is 0 Å². The van der Waals surface area contributed by atoms with Crippen molar-refractivity contribution in [1.82, 2.24) is 4.98 Å². The Labute approximate surface area is 184 Å². The smallest absolute Gasteiger partial charge is 0.251 e. The number of aromatic amines is 1. The van der Waals surface area contributed by atoms with E-state index in [4.69, 9.17) is 9.47 Å². The van der Waals surface area contributed by atoms with Crippen molar-refractivity contribution in [2.45, 2.75) is 45.1 Å². The number of rotatable bonds is 7. The number of methoxy groups -OCH3 is 1. The molecule has 0 radical (unpaired) electrons. The molecule has 1 atom stereocenters. The van der Waals surface area contributed by atoms with Gasteiger partial charge < -0.3 is 24.3 Å². The van der Waals surface area contributed by atoms with Crippen LogP contribution in [-0.4, -0.2) is 51.0 Å². The topological polar surface area (TPSA) is 57.8 Å². The van der Waals surface area contributed by atoms with Crippen LogP contribution >= 0.6 is 0 Å². The number of pyridine rings is 1. The Morgan fingerprint density at radius 3 is 2.74 bits per heavy atom. The van der Waals surface area contributed by atoms with E-state index in [1.807, 2.05) is 6.08 Å². The monoisotopic (exact) mass is 431 g/mol. The van der Waals surface area contributed by atoms with Gasteiger partial charge in [-0.15, -0.1) is 0 Å². The summed E-state index contributed by atoms with van der Waals surface area (Å²) in [5.41, 5.74) is 1.59. The number of anilines is 2. The third kappa shape index (κ3) is 6.00. The van der Waals surface area contributed by atoms with E-state index in [-0.39, 0.29) is 23.2 Å². The lowest BCUT2D eigenvalue weighted by molar-refractivity contribution is 0.122. The fourth-order valence-corrected chi connectivity index (χ4v) is 4.51. The summed E-state index contributed by atoms with van der Waals surface area (Å²) in [7, 11) is 1.49. The summed E-state index contributed by atoms with van der Waals surface area (Å²) in [6.45, 7) is 8.91. The van der Waals surface area contributed by atoms with Crippen molar-refractivity contribution in [2.24, 2.45) is 0 Å². The highest BCUT2D eigenvalue weighted by Gasteiger charge is 2.26. The van der Waals surface area contributed by atoms with Gasteiger partial charge in [0.1, 0.15) is 11.6 Å². The molecule has 0 aliphatic carbocycles. The highest BCUT2D eigenvalue weighted by atomic mass is 19.1. The fraction of sp³-hybridized carbons (Fsp3) is 0.542. The van der Waals surface area contributed by atoms with E-state index >= 15 is 0 Å². The maximum atomic E-state index is 14.1. The van der Waals surface area contributed by atoms with Crippen molar-refractivity contribution < 1.29 is 13.9 Å². The van der Waals surface area contributed by atoms with E-state index < -0.39 is 0 Å². The lowest BCUT2D eigenvalue weighted by atomic mass is 9.98.